The van der Waals surface area contributed by atoms with Gasteiger partial charge in [0.25, 0.3) is 0 Å². The molecule has 0 aliphatic rings. The molecular formula is C50H29N5. The SMILES string of the molecule is [C-]#[N+]c1ccc2c(c1)c1ccccc1n2-c1ccc(-c2cccc(-n3c4ccccc4c4cc(-n5c6ccccc6c6ccccc65)ccc43)c2[N+]#[C-])cc1. The van der Waals surface area contributed by atoms with E-state index < -0.39 is 0 Å². The second kappa shape index (κ2) is 11.8. The van der Waals surface area contributed by atoms with Crippen LogP contribution in [0.5, 0.6) is 0 Å². The fourth-order valence-electron chi connectivity index (χ4n) is 8.72. The fraction of sp³-hybridized carbons (Fsp3) is 0. The second-order valence-corrected chi connectivity index (χ2v) is 13.9. The maximum absolute atomic E-state index is 8.53. The largest absolute Gasteiger partial charge is 0.319 e. The zero-order valence-corrected chi connectivity index (χ0v) is 29.5. The molecule has 0 amide bonds. The Morgan fingerprint density at radius 1 is 0.345 bits per heavy atom. The van der Waals surface area contributed by atoms with Crippen LogP contribution in [0.25, 0.3) is 103 Å². The molecule has 11 aromatic rings. The molecule has 0 bridgehead atoms. The average Bonchev–Trinajstić information content (AvgIpc) is 3.88. The first-order valence-electron chi connectivity index (χ1n) is 18.3. The predicted octanol–water partition coefficient (Wildman–Crippen LogP) is 13.7. The smallest absolute Gasteiger partial charge is 0.218 e. The van der Waals surface area contributed by atoms with Crippen molar-refractivity contribution in [1.29, 1.82) is 0 Å². The van der Waals surface area contributed by atoms with Gasteiger partial charge in [0.05, 0.1) is 51.9 Å². The third-order valence-corrected chi connectivity index (χ3v) is 11.1. The molecule has 3 heterocycles. The Labute approximate surface area is 316 Å². The van der Waals surface area contributed by atoms with Gasteiger partial charge >= 0.3 is 0 Å². The zero-order chi connectivity index (χ0) is 36.6. The van der Waals surface area contributed by atoms with Crippen LogP contribution in [0, 0.1) is 13.1 Å². The van der Waals surface area contributed by atoms with Crippen molar-refractivity contribution in [3.8, 4) is 28.2 Å². The van der Waals surface area contributed by atoms with Gasteiger partial charge in [0.1, 0.15) is 0 Å². The second-order valence-electron chi connectivity index (χ2n) is 13.9. The van der Waals surface area contributed by atoms with Gasteiger partial charge in [-0.1, -0.05) is 103 Å². The van der Waals surface area contributed by atoms with E-state index in [1.54, 1.807) is 0 Å². The van der Waals surface area contributed by atoms with Crippen LogP contribution < -0.4 is 0 Å². The number of nitrogens with zero attached hydrogens (tertiary/aromatic N) is 5. The molecule has 55 heavy (non-hydrogen) atoms. The summed E-state index contributed by atoms with van der Waals surface area (Å²) in [5, 5.41) is 6.92. The van der Waals surface area contributed by atoms with Crippen molar-refractivity contribution >= 4 is 76.8 Å². The predicted molar refractivity (Wildman–Crippen MR) is 227 cm³/mol. The molecular weight excluding hydrogens is 671 g/mol. The summed E-state index contributed by atoms with van der Waals surface area (Å²) in [4.78, 5) is 7.89. The standard InChI is InChI=1S/C50H29N5/c1-51-33-24-28-47-41(30-33)39-14-5-9-19-45(39)53(47)34-25-22-32(23-26-34)36-16-11-21-49(50(36)52-2)55-46-20-10-6-15-40(46)42-31-35(27-29-48(42)55)54-43-17-7-3-12-37(43)38-13-4-8-18-44(38)54/h3-31H. The van der Waals surface area contributed by atoms with Crippen molar-refractivity contribution in [2.45, 2.75) is 0 Å². The number of hydrogen-bond acceptors (Lipinski definition) is 0. The minimum atomic E-state index is 0.605. The van der Waals surface area contributed by atoms with E-state index in [4.69, 9.17) is 13.1 Å². The topological polar surface area (TPSA) is 23.5 Å². The summed E-state index contributed by atoms with van der Waals surface area (Å²) in [5.41, 5.74) is 12.7. The van der Waals surface area contributed by atoms with Gasteiger partial charge in [0.2, 0.25) is 5.69 Å². The average molecular weight is 700 g/mol. The molecule has 0 spiro atoms. The first kappa shape index (κ1) is 30.7. The van der Waals surface area contributed by atoms with Crippen molar-refractivity contribution in [3.63, 3.8) is 0 Å². The van der Waals surface area contributed by atoms with Gasteiger partial charge in [0, 0.05) is 38.3 Å². The molecule has 254 valence electrons. The Kier molecular flexibility index (Phi) is 6.61. The molecule has 0 unspecified atom stereocenters. The van der Waals surface area contributed by atoms with E-state index in [-0.39, 0.29) is 0 Å². The third-order valence-electron chi connectivity index (χ3n) is 11.1. The molecule has 11 rings (SSSR count). The summed E-state index contributed by atoms with van der Waals surface area (Å²) >= 11 is 0. The van der Waals surface area contributed by atoms with E-state index in [0.29, 0.717) is 11.4 Å². The fourth-order valence-corrected chi connectivity index (χ4v) is 8.72. The van der Waals surface area contributed by atoms with E-state index in [1.807, 2.05) is 30.3 Å². The summed E-state index contributed by atoms with van der Waals surface area (Å²) in [6.07, 6.45) is 0. The lowest BCUT2D eigenvalue weighted by atomic mass is 10.0. The van der Waals surface area contributed by atoms with Crippen molar-refractivity contribution < 1.29 is 0 Å². The van der Waals surface area contributed by atoms with Crippen molar-refractivity contribution in [2.24, 2.45) is 0 Å². The molecule has 0 aliphatic heterocycles. The van der Waals surface area contributed by atoms with Gasteiger partial charge in [-0.2, -0.15) is 0 Å². The van der Waals surface area contributed by atoms with Crippen molar-refractivity contribution in [2.75, 3.05) is 0 Å². The molecule has 0 radical (unpaired) electrons. The summed E-state index contributed by atoms with van der Waals surface area (Å²) in [7, 11) is 0. The zero-order valence-electron chi connectivity index (χ0n) is 29.5. The van der Waals surface area contributed by atoms with Crippen LogP contribution in [-0.4, -0.2) is 13.7 Å². The first-order valence-corrected chi connectivity index (χ1v) is 18.3. The number of hydrogen-bond donors (Lipinski definition) is 0. The van der Waals surface area contributed by atoms with E-state index >= 15 is 0 Å². The van der Waals surface area contributed by atoms with Gasteiger partial charge in [-0.15, -0.1) is 0 Å². The maximum atomic E-state index is 8.53. The minimum Gasteiger partial charge on any atom is -0.319 e. The van der Waals surface area contributed by atoms with Gasteiger partial charge in [-0.3, -0.25) is 0 Å². The van der Waals surface area contributed by atoms with Crippen LogP contribution in [0.4, 0.5) is 11.4 Å². The quantitative estimate of drug-likeness (QED) is 0.163. The highest BCUT2D eigenvalue weighted by Gasteiger charge is 2.20. The van der Waals surface area contributed by atoms with E-state index in [2.05, 4.69) is 169 Å². The maximum Gasteiger partial charge on any atom is 0.218 e. The van der Waals surface area contributed by atoms with E-state index in [1.165, 1.54) is 21.8 Å². The molecule has 8 aromatic carbocycles. The highest BCUT2D eigenvalue weighted by atomic mass is 15.0. The Bertz CT molecular complexity index is 3400. The molecule has 0 N–H and O–H groups in total. The van der Waals surface area contributed by atoms with Crippen LogP contribution >= 0.6 is 0 Å². The van der Waals surface area contributed by atoms with Crippen molar-refractivity contribution in [3.05, 3.63) is 199 Å². The first-order chi connectivity index (χ1) is 27.2. The van der Waals surface area contributed by atoms with Crippen LogP contribution in [0.1, 0.15) is 0 Å². The minimum absolute atomic E-state index is 0.605. The highest BCUT2D eigenvalue weighted by Crippen LogP contribution is 2.42. The number of aromatic nitrogens is 3. The third kappa shape index (κ3) is 4.45. The van der Waals surface area contributed by atoms with Gasteiger partial charge in [0.15, 0.2) is 5.69 Å². The molecule has 0 atom stereocenters. The molecule has 0 fully saturated rings. The van der Waals surface area contributed by atoms with Crippen LogP contribution in [-0.2, 0) is 0 Å². The normalized spacial score (nSPS) is 11.6. The van der Waals surface area contributed by atoms with Crippen LogP contribution in [0.3, 0.4) is 0 Å². The Hall–Kier alpha value is -7.86. The molecule has 3 aromatic heterocycles. The monoisotopic (exact) mass is 699 g/mol. The van der Waals surface area contributed by atoms with E-state index in [0.717, 1.165) is 71.8 Å². The molecule has 5 heteroatoms. The summed E-state index contributed by atoms with van der Waals surface area (Å²) < 4.78 is 6.86. The Balaban J connectivity index is 1.06. The van der Waals surface area contributed by atoms with Gasteiger partial charge < -0.3 is 13.7 Å². The number of benzene rings is 8. The molecule has 0 saturated heterocycles. The van der Waals surface area contributed by atoms with Crippen molar-refractivity contribution in [1.82, 2.24) is 13.7 Å². The highest BCUT2D eigenvalue weighted by molar-refractivity contribution is 6.13. The summed E-state index contributed by atoms with van der Waals surface area (Å²) in [6.45, 7) is 16.1. The van der Waals surface area contributed by atoms with Crippen LogP contribution in [0.2, 0.25) is 0 Å². The van der Waals surface area contributed by atoms with E-state index in [9.17, 15) is 0 Å². The molecule has 0 aliphatic carbocycles. The summed E-state index contributed by atoms with van der Waals surface area (Å²) in [6, 6.07) is 61.3. The van der Waals surface area contributed by atoms with Gasteiger partial charge in [-0.25, -0.2) is 9.69 Å². The molecule has 0 saturated carbocycles. The lowest BCUT2D eigenvalue weighted by Gasteiger charge is -2.15. The summed E-state index contributed by atoms with van der Waals surface area (Å²) in [5.74, 6) is 0. The van der Waals surface area contributed by atoms with Crippen LogP contribution in [0.15, 0.2) is 176 Å². The number of rotatable bonds is 4. The Morgan fingerprint density at radius 2 is 0.818 bits per heavy atom. The number of para-hydroxylation sites is 5. The lowest BCUT2D eigenvalue weighted by Crippen LogP contribution is -1.97. The van der Waals surface area contributed by atoms with Gasteiger partial charge in [-0.05, 0) is 89.3 Å². The Morgan fingerprint density at radius 3 is 1.42 bits per heavy atom. The lowest BCUT2D eigenvalue weighted by molar-refractivity contribution is 1.17. The molecule has 5 nitrogen and oxygen atoms in total. The number of fused-ring (bicyclic) bond motifs is 9.